The van der Waals surface area contributed by atoms with Crippen LogP contribution in [0.2, 0.25) is 0 Å². The van der Waals surface area contributed by atoms with E-state index in [2.05, 4.69) is 175 Å². The van der Waals surface area contributed by atoms with Crippen LogP contribution < -0.4 is 0 Å². The molecule has 2 nitrogen and oxygen atoms in total. The van der Waals surface area contributed by atoms with E-state index in [1.807, 2.05) is 0 Å². The molecule has 48 heavy (non-hydrogen) atoms. The highest BCUT2D eigenvalue weighted by atomic mass is 15.1. The second-order valence-corrected chi connectivity index (χ2v) is 12.6. The van der Waals surface area contributed by atoms with E-state index in [4.69, 9.17) is 4.98 Å². The van der Waals surface area contributed by atoms with Crippen molar-refractivity contribution in [2.75, 3.05) is 0 Å². The minimum atomic E-state index is 0.915. The van der Waals surface area contributed by atoms with Crippen LogP contribution in [0.25, 0.3) is 88.1 Å². The minimum absolute atomic E-state index is 0.915. The van der Waals surface area contributed by atoms with Gasteiger partial charge >= 0.3 is 0 Å². The number of nitrogens with zero attached hydrogens (tertiary/aromatic N) is 2. The first-order chi connectivity index (χ1) is 23.8. The van der Waals surface area contributed by atoms with Gasteiger partial charge in [0, 0.05) is 12.1 Å². The predicted molar refractivity (Wildman–Crippen MR) is 204 cm³/mol. The topological polar surface area (TPSA) is 17.8 Å². The Hall–Kier alpha value is -5.99. The van der Waals surface area contributed by atoms with Crippen LogP contribution in [0, 0.1) is 0 Å². The van der Waals surface area contributed by atoms with Crippen molar-refractivity contribution in [1.29, 1.82) is 0 Å². The smallest absolute Gasteiger partial charge is 0.141 e. The lowest BCUT2D eigenvalue weighted by Crippen LogP contribution is -1.99. The molecule has 0 aliphatic carbocycles. The van der Waals surface area contributed by atoms with Gasteiger partial charge in [-0.25, -0.2) is 4.98 Å². The zero-order valence-corrected chi connectivity index (χ0v) is 26.9. The Balaban J connectivity index is 1.23. The number of hydrogen-bond donors (Lipinski definition) is 0. The van der Waals surface area contributed by atoms with Gasteiger partial charge < -0.3 is 4.57 Å². The fraction of sp³-hybridized carbons (Fsp3) is 0.0652. The Bertz CT molecular complexity index is 2550. The normalized spacial score (nSPS) is 11.6. The third kappa shape index (κ3) is 4.68. The number of aryl methyl sites for hydroxylation is 1. The molecule has 0 atom stereocenters. The lowest BCUT2D eigenvalue weighted by Gasteiger charge is -2.18. The molecule has 2 heteroatoms. The Morgan fingerprint density at radius 2 is 0.938 bits per heavy atom. The maximum Gasteiger partial charge on any atom is 0.141 e. The Labute approximate surface area is 280 Å². The highest BCUT2D eigenvalue weighted by molar-refractivity contribution is 6.22. The fourth-order valence-electron chi connectivity index (χ4n) is 7.49. The molecule has 0 N–H and O–H groups in total. The molecular formula is C46H34N2. The van der Waals surface area contributed by atoms with Gasteiger partial charge in [-0.2, -0.15) is 0 Å². The monoisotopic (exact) mass is 614 g/mol. The molecule has 0 aliphatic heterocycles. The average molecular weight is 615 g/mol. The summed E-state index contributed by atoms with van der Waals surface area (Å²) < 4.78 is 2.38. The van der Waals surface area contributed by atoms with E-state index < -0.39 is 0 Å². The zero-order chi connectivity index (χ0) is 32.0. The summed E-state index contributed by atoms with van der Waals surface area (Å²) in [4.78, 5) is 5.31. The standard InChI is InChI=1S/C46H34N2/c1-2-28-48-43-27-26-37(30-42(43)47-46(48)34-23-20-33(21-24-34)31-12-4-3-5-13-31)45-40-18-10-8-16-38(40)44(39-17-9-11-19-41(39)45)36-25-22-32-14-6-7-15-35(32)29-36/h3-27,29-30H,2,28H2,1H3. The first kappa shape index (κ1) is 28.3. The number of fused-ring (bicyclic) bond motifs is 4. The molecule has 8 aromatic carbocycles. The summed E-state index contributed by atoms with van der Waals surface area (Å²) in [5, 5.41) is 7.54. The second-order valence-electron chi connectivity index (χ2n) is 12.6. The zero-order valence-electron chi connectivity index (χ0n) is 26.9. The molecule has 0 saturated carbocycles. The Kier molecular flexibility index (Phi) is 6.87. The van der Waals surface area contributed by atoms with Crippen LogP contribution >= 0.6 is 0 Å². The van der Waals surface area contributed by atoms with Crippen molar-refractivity contribution in [1.82, 2.24) is 9.55 Å². The van der Waals surface area contributed by atoms with Crippen LogP contribution in [0.1, 0.15) is 13.3 Å². The maximum atomic E-state index is 5.31. The predicted octanol–water partition coefficient (Wildman–Crippen LogP) is 12.6. The van der Waals surface area contributed by atoms with Crippen molar-refractivity contribution < 1.29 is 0 Å². The minimum Gasteiger partial charge on any atom is -0.324 e. The van der Waals surface area contributed by atoms with E-state index >= 15 is 0 Å². The summed E-state index contributed by atoms with van der Waals surface area (Å²) in [6.45, 7) is 3.15. The van der Waals surface area contributed by atoms with E-state index in [-0.39, 0.29) is 0 Å². The van der Waals surface area contributed by atoms with Crippen LogP contribution in [0.5, 0.6) is 0 Å². The third-order valence-corrected chi connectivity index (χ3v) is 9.70. The van der Waals surface area contributed by atoms with Gasteiger partial charge in [0.25, 0.3) is 0 Å². The third-order valence-electron chi connectivity index (χ3n) is 9.70. The molecule has 9 rings (SSSR count). The molecule has 0 fully saturated rings. The molecule has 0 amide bonds. The van der Waals surface area contributed by atoms with Gasteiger partial charge in [-0.05, 0) is 90.3 Å². The molecule has 1 aromatic heterocycles. The van der Waals surface area contributed by atoms with Crippen LogP contribution in [-0.2, 0) is 6.54 Å². The highest BCUT2D eigenvalue weighted by Gasteiger charge is 2.19. The first-order valence-electron chi connectivity index (χ1n) is 16.9. The Morgan fingerprint density at radius 3 is 1.58 bits per heavy atom. The van der Waals surface area contributed by atoms with Gasteiger partial charge in [-0.15, -0.1) is 0 Å². The quantitative estimate of drug-likeness (QED) is 0.170. The van der Waals surface area contributed by atoms with Crippen LogP contribution in [0.3, 0.4) is 0 Å². The van der Waals surface area contributed by atoms with Gasteiger partial charge in [0.15, 0.2) is 0 Å². The van der Waals surface area contributed by atoms with Gasteiger partial charge in [0.05, 0.1) is 11.0 Å². The van der Waals surface area contributed by atoms with Gasteiger partial charge in [-0.1, -0.05) is 153 Å². The molecule has 0 saturated heterocycles. The average Bonchev–Trinajstić information content (AvgIpc) is 3.51. The van der Waals surface area contributed by atoms with E-state index in [1.54, 1.807) is 0 Å². The lowest BCUT2D eigenvalue weighted by atomic mass is 9.85. The summed E-state index contributed by atoms with van der Waals surface area (Å²) >= 11 is 0. The molecule has 0 spiro atoms. The first-order valence-corrected chi connectivity index (χ1v) is 16.9. The molecule has 1 heterocycles. The Morgan fingerprint density at radius 1 is 0.438 bits per heavy atom. The van der Waals surface area contributed by atoms with Crippen molar-refractivity contribution in [3.63, 3.8) is 0 Å². The fourth-order valence-corrected chi connectivity index (χ4v) is 7.49. The summed E-state index contributed by atoms with van der Waals surface area (Å²) in [5.74, 6) is 1.02. The van der Waals surface area contributed by atoms with Crippen LogP contribution in [-0.4, -0.2) is 9.55 Å². The molecule has 0 unspecified atom stereocenters. The summed E-state index contributed by atoms with van der Waals surface area (Å²) in [6, 6.07) is 59.5. The van der Waals surface area contributed by atoms with Gasteiger partial charge in [0.2, 0.25) is 0 Å². The molecule has 228 valence electrons. The van der Waals surface area contributed by atoms with Crippen LogP contribution in [0.4, 0.5) is 0 Å². The number of aromatic nitrogens is 2. The van der Waals surface area contributed by atoms with E-state index in [0.29, 0.717) is 0 Å². The van der Waals surface area contributed by atoms with Crippen molar-refractivity contribution in [2.45, 2.75) is 19.9 Å². The van der Waals surface area contributed by atoms with Crippen molar-refractivity contribution >= 4 is 43.4 Å². The van der Waals surface area contributed by atoms with Crippen molar-refractivity contribution in [3.05, 3.63) is 164 Å². The van der Waals surface area contributed by atoms with Crippen molar-refractivity contribution in [2.24, 2.45) is 0 Å². The summed E-state index contributed by atoms with van der Waals surface area (Å²) in [7, 11) is 0. The summed E-state index contributed by atoms with van der Waals surface area (Å²) in [6.07, 6.45) is 1.04. The molecule has 0 bridgehead atoms. The van der Waals surface area contributed by atoms with Gasteiger partial charge in [0.1, 0.15) is 5.82 Å². The SMILES string of the molecule is CCCn1c(-c2ccc(-c3ccccc3)cc2)nc2cc(-c3c4ccccc4c(-c4ccc5ccccc5c4)c4ccccc34)ccc21. The number of rotatable bonds is 6. The number of hydrogen-bond acceptors (Lipinski definition) is 1. The number of benzene rings is 8. The maximum absolute atomic E-state index is 5.31. The van der Waals surface area contributed by atoms with E-state index in [0.717, 1.165) is 29.9 Å². The van der Waals surface area contributed by atoms with E-state index in [9.17, 15) is 0 Å². The highest BCUT2D eigenvalue weighted by Crippen LogP contribution is 2.44. The van der Waals surface area contributed by atoms with Crippen molar-refractivity contribution in [3.8, 4) is 44.8 Å². The van der Waals surface area contributed by atoms with Crippen LogP contribution in [0.15, 0.2) is 164 Å². The molecule has 9 aromatic rings. The lowest BCUT2D eigenvalue weighted by molar-refractivity contribution is 0.704. The number of imidazole rings is 1. The largest absolute Gasteiger partial charge is 0.324 e. The molecule has 0 aliphatic rings. The second kappa shape index (κ2) is 11.7. The van der Waals surface area contributed by atoms with Gasteiger partial charge in [-0.3, -0.25) is 0 Å². The summed E-state index contributed by atoms with van der Waals surface area (Å²) in [5.41, 5.74) is 10.7. The molecular weight excluding hydrogens is 581 g/mol. The molecule has 0 radical (unpaired) electrons. The van der Waals surface area contributed by atoms with E-state index in [1.165, 1.54) is 71.2 Å².